The predicted molar refractivity (Wildman–Crippen MR) is 102 cm³/mol. The lowest BCUT2D eigenvalue weighted by Crippen LogP contribution is -2.53. The Balaban J connectivity index is 1.95. The highest BCUT2D eigenvalue weighted by Gasteiger charge is 2.39. The molecule has 1 atom stereocenters. The van der Waals surface area contributed by atoms with E-state index in [4.69, 9.17) is 23.2 Å². The summed E-state index contributed by atoms with van der Waals surface area (Å²) in [7, 11) is 0. The number of urea groups is 1. The van der Waals surface area contributed by atoms with Crippen LogP contribution in [0.2, 0.25) is 10.0 Å². The van der Waals surface area contributed by atoms with Crippen LogP contribution in [0.1, 0.15) is 38.7 Å². The van der Waals surface area contributed by atoms with Crippen LogP contribution in [0.3, 0.4) is 0 Å². The van der Waals surface area contributed by atoms with Crippen molar-refractivity contribution in [3.8, 4) is 0 Å². The van der Waals surface area contributed by atoms with Gasteiger partial charge >= 0.3 is 6.03 Å². The number of benzene rings is 2. The second-order valence-corrected chi connectivity index (χ2v) is 7.69. The van der Waals surface area contributed by atoms with E-state index in [0.717, 1.165) is 12.1 Å². The number of carbonyl (C=O) groups excluding carboxylic acids is 1. The molecular weight excluding hydrogens is 343 g/mol. The van der Waals surface area contributed by atoms with Gasteiger partial charge in [0, 0.05) is 16.9 Å². The van der Waals surface area contributed by atoms with E-state index in [2.05, 4.69) is 32.2 Å². The molecule has 0 radical (unpaired) electrons. The van der Waals surface area contributed by atoms with Gasteiger partial charge in [-0.25, -0.2) is 4.79 Å². The van der Waals surface area contributed by atoms with Crippen LogP contribution in [-0.2, 0) is 0 Å². The van der Waals surface area contributed by atoms with Crippen molar-refractivity contribution in [1.29, 1.82) is 0 Å². The molecule has 0 fully saturated rings. The first-order valence-electron chi connectivity index (χ1n) is 7.95. The van der Waals surface area contributed by atoms with E-state index in [0.29, 0.717) is 21.7 Å². The van der Waals surface area contributed by atoms with Crippen molar-refractivity contribution in [2.45, 2.75) is 38.6 Å². The Bertz CT molecular complexity index is 789. The third-order valence-electron chi connectivity index (χ3n) is 4.49. The molecule has 0 aliphatic carbocycles. The van der Waals surface area contributed by atoms with Crippen LogP contribution in [0.15, 0.2) is 42.5 Å². The maximum absolute atomic E-state index is 13.0. The summed E-state index contributed by atoms with van der Waals surface area (Å²) >= 11 is 12.0. The highest BCUT2D eigenvalue weighted by molar-refractivity contribution is 6.42. The third-order valence-corrected chi connectivity index (χ3v) is 5.23. The minimum Gasteiger partial charge on any atom is -0.307 e. The monoisotopic (exact) mass is 362 g/mol. The number of hydrogen-bond donors (Lipinski definition) is 1. The number of halogens is 2. The van der Waals surface area contributed by atoms with Crippen molar-refractivity contribution < 1.29 is 4.79 Å². The summed E-state index contributed by atoms with van der Waals surface area (Å²) in [5.74, 6) is 0.408. The second kappa shape index (κ2) is 6.30. The second-order valence-electron chi connectivity index (χ2n) is 6.87. The molecule has 0 saturated heterocycles. The minimum atomic E-state index is -0.284. The van der Waals surface area contributed by atoms with Crippen LogP contribution >= 0.6 is 23.2 Å². The molecule has 126 valence electrons. The van der Waals surface area contributed by atoms with Crippen molar-refractivity contribution in [2.75, 3.05) is 10.2 Å². The largest absolute Gasteiger partial charge is 0.326 e. The van der Waals surface area contributed by atoms with Gasteiger partial charge in [-0.15, -0.1) is 0 Å². The molecule has 1 unspecified atom stereocenters. The van der Waals surface area contributed by atoms with Crippen LogP contribution in [-0.4, -0.2) is 11.6 Å². The molecule has 2 aromatic carbocycles. The maximum Gasteiger partial charge on any atom is 0.326 e. The molecule has 0 saturated carbocycles. The summed E-state index contributed by atoms with van der Waals surface area (Å²) in [4.78, 5) is 14.8. The van der Waals surface area contributed by atoms with Gasteiger partial charge in [0.1, 0.15) is 0 Å². The van der Waals surface area contributed by atoms with Gasteiger partial charge in [0.2, 0.25) is 0 Å². The van der Waals surface area contributed by atoms with Crippen LogP contribution < -0.4 is 10.2 Å². The molecule has 0 aromatic heterocycles. The van der Waals surface area contributed by atoms with E-state index in [1.54, 1.807) is 18.2 Å². The lowest BCUT2D eigenvalue weighted by Gasteiger charge is -2.45. The summed E-state index contributed by atoms with van der Waals surface area (Å²) in [6.45, 7) is 6.39. The number of para-hydroxylation sites is 1. The fourth-order valence-corrected chi connectivity index (χ4v) is 3.82. The van der Waals surface area contributed by atoms with Gasteiger partial charge < -0.3 is 5.32 Å². The van der Waals surface area contributed by atoms with Gasteiger partial charge in [-0.3, -0.25) is 4.90 Å². The van der Waals surface area contributed by atoms with E-state index in [-0.39, 0.29) is 11.6 Å². The predicted octanol–water partition coefficient (Wildman–Crippen LogP) is 6.32. The Morgan fingerprint density at radius 1 is 1.17 bits per heavy atom. The summed E-state index contributed by atoms with van der Waals surface area (Å²) in [6, 6.07) is 13.0. The number of amides is 2. The molecule has 1 aliphatic rings. The first-order chi connectivity index (χ1) is 11.3. The third kappa shape index (κ3) is 3.11. The van der Waals surface area contributed by atoms with Gasteiger partial charge in [-0.1, -0.05) is 48.3 Å². The molecule has 2 aromatic rings. The standard InChI is InChI=1S/C19H20Cl2N2O/c1-12-11-19(2,3)23(17-7-5-4-6-14(12)17)18(24)22-13-8-9-15(20)16(21)10-13/h4-10,12H,11H2,1-3H3,(H,22,24). The maximum atomic E-state index is 13.0. The number of hydrogen-bond acceptors (Lipinski definition) is 1. The fourth-order valence-electron chi connectivity index (χ4n) is 3.52. The van der Waals surface area contributed by atoms with Gasteiger partial charge in [-0.2, -0.15) is 0 Å². The van der Waals surface area contributed by atoms with E-state index in [1.807, 2.05) is 23.1 Å². The number of nitrogens with one attached hydrogen (secondary N) is 1. The Labute approximate surface area is 152 Å². The lowest BCUT2D eigenvalue weighted by molar-refractivity contribution is 0.247. The van der Waals surface area contributed by atoms with Crippen LogP contribution in [0.25, 0.3) is 0 Å². The smallest absolute Gasteiger partial charge is 0.307 e. The first kappa shape index (κ1) is 17.1. The van der Waals surface area contributed by atoms with Gasteiger partial charge in [0.05, 0.1) is 10.0 Å². The van der Waals surface area contributed by atoms with E-state index in [9.17, 15) is 4.79 Å². The van der Waals surface area contributed by atoms with Crippen molar-refractivity contribution in [3.63, 3.8) is 0 Å². The summed E-state index contributed by atoms with van der Waals surface area (Å²) in [5, 5.41) is 3.82. The number of fused-ring (bicyclic) bond motifs is 1. The topological polar surface area (TPSA) is 32.3 Å². The average molecular weight is 363 g/mol. The zero-order valence-corrected chi connectivity index (χ0v) is 15.4. The molecule has 1 aliphatic heterocycles. The summed E-state index contributed by atoms with van der Waals surface area (Å²) in [6.07, 6.45) is 0.902. The molecule has 24 heavy (non-hydrogen) atoms. The highest BCUT2D eigenvalue weighted by Crippen LogP contribution is 2.43. The van der Waals surface area contributed by atoms with Gasteiger partial charge in [-0.05, 0) is 56.0 Å². The molecule has 3 nitrogen and oxygen atoms in total. The van der Waals surface area contributed by atoms with E-state index >= 15 is 0 Å². The molecule has 1 heterocycles. The Hall–Kier alpha value is -1.71. The SMILES string of the molecule is CC1CC(C)(C)N(C(=O)Nc2ccc(Cl)c(Cl)c2)c2ccccc21. The Morgan fingerprint density at radius 2 is 1.88 bits per heavy atom. The Kier molecular flexibility index (Phi) is 4.50. The minimum absolute atomic E-state index is 0.169. The molecule has 1 N–H and O–H groups in total. The zero-order valence-electron chi connectivity index (χ0n) is 13.9. The van der Waals surface area contributed by atoms with Crippen LogP contribution in [0.4, 0.5) is 16.2 Å². The number of nitrogens with zero attached hydrogens (tertiary/aromatic N) is 1. The number of carbonyl (C=O) groups is 1. The van der Waals surface area contributed by atoms with E-state index in [1.165, 1.54) is 5.56 Å². The quantitative estimate of drug-likeness (QED) is 0.632. The highest BCUT2D eigenvalue weighted by atomic mass is 35.5. The lowest BCUT2D eigenvalue weighted by atomic mass is 9.80. The van der Waals surface area contributed by atoms with Crippen LogP contribution in [0.5, 0.6) is 0 Å². The van der Waals surface area contributed by atoms with Crippen molar-refractivity contribution >= 4 is 40.6 Å². The first-order valence-corrected chi connectivity index (χ1v) is 8.70. The van der Waals surface area contributed by atoms with Crippen molar-refractivity contribution in [1.82, 2.24) is 0 Å². The molecule has 3 rings (SSSR count). The van der Waals surface area contributed by atoms with Crippen molar-refractivity contribution in [3.05, 3.63) is 58.1 Å². The van der Waals surface area contributed by atoms with Crippen LogP contribution in [0, 0.1) is 0 Å². The Morgan fingerprint density at radius 3 is 2.58 bits per heavy atom. The number of rotatable bonds is 1. The molecule has 0 bridgehead atoms. The molecular formula is C19H20Cl2N2O. The van der Waals surface area contributed by atoms with Gasteiger partial charge in [0.15, 0.2) is 0 Å². The molecule has 5 heteroatoms. The zero-order chi connectivity index (χ0) is 17.5. The molecule has 0 spiro atoms. The molecule has 2 amide bonds. The summed E-state index contributed by atoms with van der Waals surface area (Å²) < 4.78 is 0. The van der Waals surface area contributed by atoms with E-state index < -0.39 is 0 Å². The summed E-state index contributed by atoms with van der Waals surface area (Å²) in [5.41, 5.74) is 2.50. The fraction of sp³-hybridized carbons (Fsp3) is 0.316. The normalized spacial score (nSPS) is 18.9. The number of anilines is 2. The average Bonchev–Trinajstić information content (AvgIpc) is 2.50. The van der Waals surface area contributed by atoms with Crippen molar-refractivity contribution in [2.24, 2.45) is 0 Å². The van der Waals surface area contributed by atoms with Gasteiger partial charge in [0.25, 0.3) is 0 Å².